The van der Waals surface area contributed by atoms with Gasteiger partial charge in [-0.2, -0.15) is 13.2 Å². The van der Waals surface area contributed by atoms with Crippen molar-refractivity contribution in [3.05, 3.63) is 82.3 Å². The smallest absolute Gasteiger partial charge is 0.416 e. The average Bonchev–Trinajstić information content (AvgIpc) is 2.72. The van der Waals surface area contributed by atoms with Gasteiger partial charge in [-0.1, -0.05) is 24.3 Å². The lowest BCUT2D eigenvalue weighted by molar-refractivity contribution is -0.137. The van der Waals surface area contributed by atoms with Gasteiger partial charge in [0.05, 0.1) is 12.7 Å². The topological polar surface area (TPSA) is 55.7 Å². The second-order valence-electron chi connectivity index (χ2n) is 6.42. The largest absolute Gasteiger partial charge is 0.496 e. The van der Waals surface area contributed by atoms with Crippen molar-refractivity contribution in [3.63, 3.8) is 0 Å². The van der Waals surface area contributed by atoms with Crippen LogP contribution in [0.25, 0.3) is 22.3 Å². The fraction of sp³-hybridized carbons (Fsp3) is 0.136. The second kappa shape index (κ2) is 7.87. The van der Waals surface area contributed by atoms with Crippen LogP contribution < -0.4 is 4.74 Å². The first-order valence-electron chi connectivity index (χ1n) is 8.59. The van der Waals surface area contributed by atoms with Crippen molar-refractivity contribution in [2.45, 2.75) is 13.1 Å². The van der Waals surface area contributed by atoms with Crippen molar-refractivity contribution >= 4 is 5.91 Å². The van der Waals surface area contributed by atoms with Crippen LogP contribution in [0.15, 0.2) is 65.8 Å². The number of hydrogen-bond donors (Lipinski definition) is 0. The summed E-state index contributed by atoms with van der Waals surface area (Å²) in [5.74, 6) is -0.331. The molecule has 4 nitrogen and oxygen atoms in total. The highest BCUT2D eigenvalue weighted by Gasteiger charge is 2.30. The van der Waals surface area contributed by atoms with E-state index in [9.17, 15) is 22.9 Å². The monoisotopic (exact) mass is 399 g/mol. The molecule has 0 aliphatic rings. The zero-order valence-corrected chi connectivity index (χ0v) is 15.6. The number of ether oxygens (including phenoxy) is 1. The summed E-state index contributed by atoms with van der Waals surface area (Å²) in [6, 6.07) is 15.0. The standard InChI is InChI=1S/C22H16F3NO3/c1-13-11-16(21(27)26-28)5-9-18(13)15-6-10-20(29-2)19(12-15)14-3-7-17(8-4-14)22(23,24)25/h3-12H,1-2H3. The Kier molecular flexibility index (Phi) is 5.50. The molecule has 0 spiro atoms. The van der Waals surface area contributed by atoms with Gasteiger partial charge in [-0.25, -0.2) is 0 Å². The van der Waals surface area contributed by atoms with E-state index in [1.807, 2.05) is 12.1 Å². The molecule has 0 N–H and O–H groups in total. The minimum Gasteiger partial charge on any atom is -0.496 e. The van der Waals surface area contributed by atoms with E-state index in [0.717, 1.165) is 28.8 Å². The Balaban J connectivity index is 2.06. The summed E-state index contributed by atoms with van der Waals surface area (Å²) < 4.78 is 43.9. The zero-order chi connectivity index (χ0) is 21.2. The van der Waals surface area contributed by atoms with Crippen LogP contribution in [0.4, 0.5) is 13.2 Å². The molecule has 0 atom stereocenters. The maximum absolute atomic E-state index is 12.8. The fourth-order valence-electron chi connectivity index (χ4n) is 3.11. The molecule has 0 fully saturated rings. The number of hydrogen-bond acceptors (Lipinski definition) is 3. The molecular weight excluding hydrogens is 383 g/mol. The zero-order valence-electron chi connectivity index (χ0n) is 15.6. The normalized spacial score (nSPS) is 11.2. The molecule has 148 valence electrons. The molecule has 3 rings (SSSR count). The third-order valence-corrected chi connectivity index (χ3v) is 4.59. The van der Waals surface area contributed by atoms with Crippen molar-refractivity contribution in [3.8, 4) is 28.0 Å². The minimum atomic E-state index is -4.41. The first kappa shape index (κ1) is 20.3. The molecule has 0 saturated heterocycles. The third-order valence-electron chi connectivity index (χ3n) is 4.59. The molecule has 3 aromatic carbocycles. The number of amides is 1. The van der Waals surface area contributed by atoms with Crippen LogP contribution in [0, 0.1) is 11.8 Å². The molecule has 0 saturated carbocycles. The number of nitrogens with zero attached hydrogens (tertiary/aromatic N) is 1. The Labute approximate surface area is 164 Å². The van der Waals surface area contributed by atoms with Crippen LogP contribution in [0.5, 0.6) is 5.75 Å². The van der Waals surface area contributed by atoms with E-state index >= 15 is 0 Å². The molecule has 0 unspecified atom stereocenters. The SMILES string of the molecule is COc1ccc(-c2ccc(C(=O)N=O)cc2C)cc1-c1ccc(C(F)(F)F)cc1. The molecular formula is C22H16F3NO3. The summed E-state index contributed by atoms with van der Waals surface area (Å²) in [5.41, 5.74) is 3.02. The van der Waals surface area contributed by atoms with Gasteiger partial charge >= 0.3 is 12.1 Å². The van der Waals surface area contributed by atoms with Crippen LogP contribution in [-0.4, -0.2) is 13.0 Å². The van der Waals surface area contributed by atoms with Crippen LogP contribution in [-0.2, 0) is 6.18 Å². The molecule has 0 aromatic heterocycles. The van der Waals surface area contributed by atoms with E-state index in [0.29, 0.717) is 16.9 Å². The summed E-state index contributed by atoms with van der Waals surface area (Å²) in [6.07, 6.45) is -4.41. The quantitative estimate of drug-likeness (QED) is 0.486. The highest BCUT2D eigenvalue weighted by molar-refractivity contribution is 5.95. The number of carbonyl (C=O) groups is 1. The summed E-state index contributed by atoms with van der Waals surface area (Å²) in [4.78, 5) is 21.9. The van der Waals surface area contributed by atoms with Crippen molar-refractivity contribution < 1.29 is 22.7 Å². The van der Waals surface area contributed by atoms with Crippen molar-refractivity contribution in [2.24, 2.45) is 5.18 Å². The lowest BCUT2D eigenvalue weighted by Crippen LogP contribution is -2.04. The van der Waals surface area contributed by atoms with Gasteiger partial charge in [0.1, 0.15) is 5.75 Å². The first-order chi connectivity index (χ1) is 13.7. The molecule has 0 heterocycles. The lowest BCUT2D eigenvalue weighted by Gasteiger charge is -2.14. The lowest BCUT2D eigenvalue weighted by atomic mass is 9.94. The van der Waals surface area contributed by atoms with Gasteiger partial charge in [-0.15, -0.1) is 4.91 Å². The Morgan fingerprint density at radius 1 is 0.897 bits per heavy atom. The van der Waals surface area contributed by atoms with E-state index in [-0.39, 0.29) is 5.56 Å². The molecule has 0 radical (unpaired) electrons. The van der Waals surface area contributed by atoms with Gasteiger partial charge in [-0.05, 0) is 65.6 Å². The highest BCUT2D eigenvalue weighted by atomic mass is 19.4. The van der Waals surface area contributed by atoms with Gasteiger partial charge in [0.25, 0.3) is 0 Å². The molecule has 1 amide bonds. The van der Waals surface area contributed by atoms with Crippen LogP contribution in [0.3, 0.4) is 0 Å². The number of nitroso groups, excluding NO2 is 1. The van der Waals surface area contributed by atoms with Gasteiger partial charge in [0.2, 0.25) is 0 Å². The van der Waals surface area contributed by atoms with E-state index in [1.54, 1.807) is 25.1 Å². The molecule has 0 bridgehead atoms. The molecule has 0 aliphatic heterocycles. The Morgan fingerprint density at radius 2 is 1.55 bits per heavy atom. The summed E-state index contributed by atoms with van der Waals surface area (Å²) in [5, 5.41) is 2.42. The Hall–Kier alpha value is -3.48. The number of carbonyl (C=O) groups excluding carboxylic acids is 1. The van der Waals surface area contributed by atoms with Crippen molar-refractivity contribution in [2.75, 3.05) is 7.11 Å². The predicted molar refractivity (Wildman–Crippen MR) is 104 cm³/mol. The van der Waals surface area contributed by atoms with Crippen LogP contribution in [0.1, 0.15) is 21.5 Å². The summed E-state index contributed by atoms with van der Waals surface area (Å²) in [6.45, 7) is 1.79. The minimum absolute atomic E-state index is 0.192. The average molecular weight is 399 g/mol. The van der Waals surface area contributed by atoms with E-state index in [4.69, 9.17) is 4.74 Å². The molecule has 3 aromatic rings. The number of alkyl halides is 3. The Morgan fingerprint density at radius 3 is 2.10 bits per heavy atom. The van der Waals surface area contributed by atoms with Crippen molar-refractivity contribution in [1.29, 1.82) is 0 Å². The second-order valence-corrected chi connectivity index (χ2v) is 6.42. The summed E-state index contributed by atoms with van der Waals surface area (Å²) >= 11 is 0. The van der Waals surface area contributed by atoms with E-state index < -0.39 is 17.6 Å². The van der Waals surface area contributed by atoms with Gasteiger partial charge in [0, 0.05) is 16.3 Å². The summed E-state index contributed by atoms with van der Waals surface area (Å²) in [7, 11) is 1.49. The maximum atomic E-state index is 12.8. The van der Waals surface area contributed by atoms with E-state index in [2.05, 4.69) is 5.18 Å². The van der Waals surface area contributed by atoms with Gasteiger partial charge in [0.15, 0.2) is 0 Å². The van der Waals surface area contributed by atoms with Gasteiger partial charge in [-0.3, -0.25) is 4.79 Å². The molecule has 0 aliphatic carbocycles. The number of halogens is 3. The first-order valence-corrected chi connectivity index (χ1v) is 8.59. The number of benzene rings is 3. The molecule has 7 heteroatoms. The number of aryl methyl sites for hydroxylation is 1. The van der Waals surface area contributed by atoms with E-state index in [1.165, 1.54) is 25.3 Å². The van der Waals surface area contributed by atoms with Crippen LogP contribution in [0.2, 0.25) is 0 Å². The number of rotatable bonds is 4. The van der Waals surface area contributed by atoms with Crippen LogP contribution >= 0.6 is 0 Å². The highest BCUT2D eigenvalue weighted by Crippen LogP contribution is 2.37. The maximum Gasteiger partial charge on any atom is 0.416 e. The fourth-order valence-corrected chi connectivity index (χ4v) is 3.11. The van der Waals surface area contributed by atoms with Gasteiger partial charge < -0.3 is 4.74 Å². The number of methoxy groups -OCH3 is 1. The third kappa shape index (κ3) is 4.18. The molecule has 29 heavy (non-hydrogen) atoms. The Bertz CT molecular complexity index is 1070. The predicted octanol–water partition coefficient (Wildman–Crippen LogP) is 6.26. The van der Waals surface area contributed by atoms with Crippen molar-refractivity contribution in [1.82, 2.24) is 0 Å².